The third kappa shape index (κ3) is 3.04. The van der Waals surface area contributed by atoms with Gasteiger partial charge in [0.2, 0.25) is 0 Å². The maximum Gasteiger partial charge on any atom is 0.335 e. The molecule has 4 nitrogen and oxygen atoms in total. The maximum absolute atomic E-state index is 11.1. The van der Waals surface area contributed by atoms with Gasteiger partial charge in [-0.1, -0.05) is 24.3 Å². The van der Waals surface area contributed by atoms with Crippen molar-refractivity contribution in [2.24, 2.45) is 0 Å². The maximum atomic E-state index is 11.1. The fraction of sp³-hybridized carbons (Fsp3) is 0.133. The van der Waals surface area contributed by atoms with Gasteiger partial charge in [0.1, 0.15) is 11.5 Å². The minimum absolute atomic E-state index is 0.00665. The van der Waals surface area contributed by atoms with E-state index in [1.54, 1.807) is 30.3 Å². The van der Waals surface area contributed by atoms with E-state index in [1.807, 2.05) is 0 Å². The number of aromatic carboxylic acids is 1. The molecule has 2 aromatic carbocycles. The van der Waals surface area contributed by atoms with Gasteiger partial charge in [0.25, 0.3) is 0 Å². The summed E-state index contributed by atoms with van der Waals surface area (Å²) in [7, 11) is 0. The number of hydrogen-bond donors (Lipinski definition) is 3. The fourth-order valence-electron chi connectivity index (χ4n) is 1.98. The van der Waals surface area contributed by atoms with E-state index >= 15 is 0 Å². The smallest absolute Gasteiger partial charge is 0.335 e. The monoisotopic (exact) mass is 258 g/mol. The lowest BCUT2D eigenvalue weighted by atomic mass is 9.99. The SMILES string of the molecule is O=C(O)c1ccccc1CCc1ccc(O)cc1O. The molecule has 0 radical (unpaired) electrons. The molecule has 0 fully saturated rings. The van der Waals surface area contributed by atoms with E-state index in [9.17, 15) is 15.0 Å². The Bertz CT molecular complexity index is 605. The average Bonchev–Trinajstić information content (AvgIpc) is 2.38. The summed E-state index contributed by atoms with van der Waals surface area (Å²) in [6.45, 7) is 0. The van der Waals surface area contributed by atoms with Crippen molar-refractivity contribution in [1.29, 1.82) is 0 Å². The van der Waals surface area contributed by atoms with Crippen LogP contribution in [0, 0.1) is 0 Å². The first kappa shape index (κ1) is 13.0. The number of carboxylic acid groups (broad SMARTS) is 1. The zero-order chi connectivity index (χ0) is 13.8. The highest BCUT2D eigenvalue weighted by Gasteiger charge is 2.10. The van der Waals surface area contributed by atoms with Crippen LogP contribution in [0.1, 0.15) is 21.5 Å². The lowest BCUT2D eigenvalue weighted by molar-refractivity contribution is 0.0695. The third-order valence-electron chi connectivity index (χ3n) is 2.98. The van der Waals surface area contributed by atoms with Gasteiger partial charge in [0.05, 0.1) is 5.56 Å². The first-order chi connectivity index (χ1) is 9.08. The molecule has 0 aliphatic carbocycles. The van der Waals surface area contributed by atoms with E-state index in [2.05, 4.69) is 0 Å². The van der Waals surface area contributed by atoms with Gasteiger partial charge in [0, 0.05) is 6.07 Å². The van der Waals surface area contributed by atoms with Crippen LogP contribution in [-0.4, -0.2) is 21.3 Å². The Balaban J connectivity index is 2.17. The molecule has 3 N–H and O–H groups in total. The van der Waals surface area contributed by atoms with E-state index in [-0.39, 0.29) is 17.1 Å². The van der Waals surface area contributed by atoms with Crippen molar-refractivity contribution in [3.63, 3.8) is 0 Å². The number of aromatic hydroxyl groups is 2. The molecule has 0 unspecified atom stereocenters. The lowest BCUT2D eigenvalue weighted by Crippen LogP contribution is -2.03. The number of aryl methyl sites for hydroxylation is 2. The zero-order valence-electron chi connectivity index (χ0n) is 10.2. The molecule has 0 aliphatic heterocycles. The van der Waals surface area contributed by atoms with Crippen molar-refractivity contribution in [1.82, 2.24) is 0 Å². The van der Waals surface area contributed by atoms with Gasteiger partial charge >= 0.3 is 5.97 Å². The van der Waals surface area contributed by atoms with E-state index < -0.39 is 5.97 Å². The molecule has 0 atom stereocenters. The predicted molar refractivity (Wildman–Crippen MR) is 70.6 cm³/mol. The molecule has 0 amide bonds. The van der Waals surface area contributed by atoms with E-state index in [1.165, 1.54) is 12.1 Å². The van der Waals surface area contributed by atoms with Gasteiger partial charge in [-0.25, -0.2) is 4.79 Å². The molecule has 0 spiro atoms. The highest BCUT2D eigenvalue weighted by Crippen LogP contribution is 2.24. The van der Waals surface area contributed by atoms with Crippen molar-refractivity contribution in [2.45, 2.75) is 12.8 Å². The molecule has 0 heterocycles. The number of phenolic OH excluding ortho intramolecular Hbond substituents is 2. The third-order valence-corrected chi connectivity index (χ3v) is 2.98. The van der Waals surface area contributed by atoms with Crippen molar-refractivity contribution < 1.29 is 20.1 Å². The molecule has 2 aromatic rings. The topological polar surface area (TPSA) is 77.8 Å². The molecule has 2 rings (SSSR count). The van der Waals surface area contributed by atoms with Crippen molar-refractivity contribution in [3.8, 4) is 11.5 Å². The number of carbonyl (C=O) groups is 1. The van der Waals surface area contributed by atoms with Crippen molar-refractivity contribution in [3.05, 3.63) is 59.2 Å². The molecule has 0 saturated heterocycles. The van der Waals surface area contributed by atoms with Gasteiger partial charge in [0.15, 0.2) is 0 Å². The zero-order valence-corrected chi connectivity index (χ0v) is 10.2. The lowest BCUT2D eigenvalue weighted by Gasteiger charge is -2.07. The number of hydrogen-bond acceptors (Lipinski definition) is 3. The van der Waals surface area contributed by atoms with Crippen LogP contribution < -0.4 is 0 Å². The second kappa shape index (κ2) is 5.44. The molecule has 0 aliphatic rings. The molecule has 0 aromatic heterocycles. The molecule has 4 heteroatoms. The van der Waals surface area contributed by atoms with Gasteiger partial charge in [-0.3, -0.25) is 0 Å². The largest absolute Gasteiger partial charge is 0.508 e. The van der Waals surface area contributed by atoms with Crippen LogP contribution in [0.4, 0.5) is 0 Å². The molecule has 0 saturated carbocycles. The standard InChI is InChI=1S/C15H14O4/c16-12-8-7-11(14(17)9-12)6-5-10-3-1-2-4-13(10)15(18)19/h1-4,7-9,16-17H,5-6H2,(H,18,19). The Hall–Kier alpha value is -2.49. The van der Waals surface area contributed by atoms with Gasteiger partial charge in [-0.2, -0.15) is 0 Å². The Kier molecular flexibility index (Phi) is 3.71. The second-order valence-corrected chi connectivity index (χ2v) is 4.28. The van der Waals surface area contributed by atoms with Gasteiger partial charge in [-0.15, -0.1) is 0 Å². The second-order valence-electron chi connectivity index (χ2n) is 4.28. The quantitative estimate of drug-likeness (QED) is 0.787. The van der Waals surface area contributed by atoms with Gasteiger partial charge < -0.3 is 15.3 Å². The predicted octanol–water partition coefficient (Wildman–Crippen LogP) is 2.58. The summed E-state index contributed by atoms with van der Waals surface area (Å²) < 4.78 is 0. The average molecular weight is 258 g/mol. The number of rotatable bonds is 4. The summed E-state index contributed by atoms with van der Waals surface area (Å²) >= 11 is 0. The number of phenols is 2. The Morgan fingerprint density at radius 1 is 0.947 bits per heavy atom. The van der Waals surface area contributed by atoms with Crippen LogP contribution in [0.15, 0.2) is 42.5 Å². The minimum Gasteiger partial charge on any atom is -0.508 e. The minimum atomic E-state index is -0.953. The number of benzene rings is 2. The molecule has 0 bridgehead atoms. The first-order valence-corrected chi connectivity index (χ1v) is 5.90. The van der Waals surface area contributed by atoms with Crippen molar-refractivity contribution >= 4 is 5.97 Å². The summed E-state index contributed by atoms with van der Waals surface area (Å²) in [4.78, 5) is 11.1. The van der Waals surface area contributed by atoms with E-state index in [4.69, 9.17) is 5.11 Å². The Labute approximate surface area is 110 Å². The highest BCUT2D eigenvalue weighted by atomic mass is 16.4. The van der Waals surface area contributed by atoms with E-state index in [0.29, 0.717) is 18.4 Å². The number of carboxylic acids is 1. The van der Waals surface area contributed by atoms with Crippen LogP contribution in [0.25, 0.3) is 0 Å². The summed E-state index contributed by atoms with van der Waals surface area (Å²) in [5.41, 5.74) is 1.68. The van der Waals surface area contributed by atoms with Gasteiger partial charge in [-0.05, 0) is 36.1 Å². The molecule has 98 valence electrons. The Morgan fingerprint density at radius 2 is 1.63 bits per heavy atom. The van der Waals surface area contributed by atoms with Crippen LogP contribution in [0.5, 0.6) is 11.5 Å². The Morgan fingerprint density at radius 3 is 2.32 bits per heavy atom. The van der Waals surface area contributed by atoms with Crippen LogP contribution in [0.3, 0.4) is 0 Å². The fourth-order valence-corrected chi connectivity index (χ4v) is 1.98. The van der Waals surface area contributed by atoms with Crippen LogP contribution in [0.2, 0.25) is 0 Å². The van der Waals surface area contributed by atoms with Crippen LogP contribution in [-0.2, 0) is 12.8 Å². The summed E-state index contributed by atoms with van der Waals surface area (Å²) in [5, 5.41) is 27.9. The highest BCUT2D eigenvalue weighted by molar-refractivity contribution is 5.89. The first-order valence-electron chi connectivity index (χ1n) is 5.90. The van der Waals surface area contributed by atoms with Crippen molar-refractivity contribution in [2.75, 3.05) is 0 Å². The molecule has 19 heavy (non-hydrogen) atoms. The molecular formula is C15H14O4. The summed E-state index contributed by atoms with van der Waals surface area (Å²) in [6, 6.07) is 11.2. The van der Waals surface area contributed by atoms with E-state index in [0.717, 1.165) is 5.56 Å². The summed E-state index contributed by atoms with van der Waals surface area (Å²) in [6.07, 6.45) is 1.03. The summed E-state index contributed by atoms with van der Waals surface area (Å²) in [5.74, 6) is -0.925. The normalized spacial score (nSPS) is 10.3. The molecular weight excluding hydrogens is 244 g/mol. The van der Waals surface area contributed by atoms with Crippen LogP contribution >= 0.6 is 0 Å².